The molecule has 0 spiro atoms. The highest BCUT2D eigenvalue weighted by Crippen LogP contribution is 2.46. The molecule has 0 saturated carbocycles. The molecule has 1 aromatic rings. The molecule has 0 atom stereocenters. The lowest BCUT2D eigenvalue weighted by molar-refractivity contribution is -0.159. The lowest BCUT2D eigenvalue weighted by Crippen LogP contribution is -2.38. The molecule has 1 rings (SSSR count). The van der Waals surface area contributed by atoms with E-state index in [0.717, 1.165) is 0 Å². The van der Waals surface area contributed by atoms with Crippen LogP contribution in [0.25, 0.3) is 0 Å². The van der Waals surface area contributed by atoms with Crippen LogP contribution in [0.1, 0.15) is 5.56 Å². The summed E-state index contributed by atoms with van der Waals surface area (Å²) >= 11 is 6.71. The molecule has 0 radical (unpaired) electrons. The smallest absolute Gasteiger partial charge is 0.322 e. The minimum absolute atomic E-state index is 0.681. The van der Waals surface area contributed by atoms with Crippen molar-refractivity contribution < 1.29 is 19.1 Å². The Balaban J connectivity index is 3.19. The van der Waals surface area contributed by atoms with Crippen molar-refractivity contribution in [2.24, 2.45) is 5.92 Å². The Bertz CT molecular complexity index is 415. The Kier molecular flexibility index (Phi) is 5.34. The van der Waals surface area contributed by atoms with Crippen LogP contribution in [0.2, 0.25) is 0 Å². The van der Waals surface area contributed by atoms with Crippen molar-refractivity contribution in [3.8, 4) is 0 Å². The molecule has 0 heterocycles. The molecule has 0 saturated heterocycles. The van der Waals surface area contributed by atoms with Crippen molar-refractivity contribution in [3.05, 3.63) is 35.9 Å². The number of carbonyl (C=O) groups is 2. The van der Waals surface area contributed by atoms with Gasteiger partial charge in [0.25, 0.3) is 0 Å². The van der Waals surface area contributed by atoms with Crippen molar-refractivity contribution >= 4 is 43.8 Å². The van der Waals surface area contributed by atoms with Gasteiger partial charge in [0.15, 0.2) is 5.92 Å². The molecule has 1 aromatic carbocycles. The van der Waals surface area contributed by atoms with Gasteiger partial charge in [-0.3, -0.25) is 9.59 Å². The molecule has 4 nitrogen and oxygen atoms in total. The van der Waals surface area contributed by atoms with Crippen LogP contribution >= 0.6 is 31.9 Å². The molecule has 0 aromatic heterocycles. The molecule has 18 heavy (non-hydrogen) atoms. The maximum absolute atomic E-state index is 11.7. The fourth-order valence-electron chi connectivity index (χ4n) is 1.45. The summed E-state index contributed by atoms with van der Waals surface area (Å²) in [5, 5.41) is 0. The Labute approximate surface area is 122 Å². The summed E-state index contributed by atoms with van der Waals surface area (Å²) < 4.78 is 8.22. The van der Waals surface area contributed by atoms with Gasteiger partial charge >= 0.3 is 11.9 Å². The van der Waals surface area contributed by atoms with Crippen LogP contribution in [0.15, 0.2) is 30.3 Å². The third-order valence-corrected chi connectivity index (χ3v) is 4.23. The monoisotopic (exact) mass is 378 g/mol. The maximum Gasteiger partial charge on any atom is 0.322 e. The van der Waals surface area contributed by atoms with E-state index >= 15 is 0 Å². The standard InChI is InChI=1S/C12H12Br2O4/c1-17-10(15)9(11(16)18-2)12(13,14)8-6-4-3-5-7-8/h3-7,9H,1-2H3. The van der Waals surface area contributed by atoms with Crippen LogP contribution in [0.4, 0.5) is 0 Å². The van der Waals surface area contributed by atoms with E-state index in [1.54, 1.807) is 24.3 Å². The van der Waals surface area contributed by atoms with E-state index in [-0.39, 0.29) is 0 Å². The number of halogens is 2. The highest BCUT2D eigenvalue weighted by atomic mass is 79.9. The van der Waals surface area contributed by atoms with Gasteiger partial charge in [-0.1, -0.05) is 62.2 Å². The molecule has 0 unspecified atom stereocenters. The third kappa shape index (κ3) is 3.11. The number of alkyl halides is 2. The lowest BCUT2D eigenvalue weighted by atomic mass is 9.99. The van der Waals surface area contributed by atoms with E-state index in [2.05, 4.69) is 41.3 Å². The highest BCUT2D eigenvalue weighted by molar-refractivity contribution is 9.24. The number of ether oxygens (including phenoxy) is 2. The minimum atomic E-state index is -1.14. The largest absolute Gasteiger partial charge is 0.468 e. The average Bonchev–Trinajstić information content (AvgIpc) is 2.39. The fraction of sp³-hybridized carbons (Fsp3) is 0.333. The predicted molar refractivity (Wildman–Crippen MR) is 73.5 cm³/mol. The van der Waals surface area contributed by atoms with Crippen molar-refractivity contribution in [2.75, 3.05) is 14.2 Å². The number of hydrogen-bond donors (Lipinski definition) is 0. The Morgan fingerprint density at radius 1 is 1.06 bits per heavy atom. The zero-order valence-electron chi connectivity index (χ0n) is 9.85. The van der Waals surface area contributed by atoms with Gasteiger partial charge in [-0.15, -0.1) is 0 Å². The van der Waals surface area contributed by atoms with E-state index in [1.807, 2.05) is 6.07 Å². The van der Waals surface area contributed by atoms with Crippen LogP contribution in [0.5, 0.6) is 0 Å². The number of carbonyl (C=O) groups excluding carboxylic acids is 2. The first-order valence-corrected chi connectivity index (χ1v) is 6.62. The fourth-order valence-corrected chi connectivity index (χ4v) is 2.73. The van der Waals surface area contributed by atoms with E-state index in [4.69, 9.17) is 0 Å². The molecule has 0 bridgehead atoms. The number of methoxy groups -OCH3 is 2. The van der Waals surface area contributed by atoms with Gasteiger partial charge < -0.3 is 9.47 Å². The lowest BCUT2D eigenvalue weighted by Gasteiger charge is -2.27. The summed E-state index contributed by atoms with van der Waals surface area (Å²) in [5.41, 5.74) is 0.714. The van der Waals surface area contributed by atoms with E-state index in [9.17, 15) is 9.59 Å². The molecule has 0 aliphatic rings. The molecule has 98 valence electrons. The van der Waals surface area contributed by atoms with Gasteiger partial charge in [0.05, 0.1) is 14.2 Å². The first kappa shape index (κ1) is 15.2. The molecule has 0 amide bonds. The second-order valence-corrected chi connectivity index (χ2v) is 7.03. The van der Waals surface area contributed by atoms with Crippen LogP contribution in [-0.2, 0) is 22.3 Å². The summed E-state index contributed by atoms with van der Waals surface area (Å²) in [6.07, 6.45) is 0. The first-order chi connectivity index (χ1) is 8.45. The number of esters is 2. The predicted octanol–water partition coefficient (Wildman–Crippen LogP) is 2.59. The molecule has 0 aliphatic heterocycles. The van der Waals surface area contributed by atoms with Crippen LogP contribution in [-0.4, -0.2) is 26.2 Å². The van der Waals surface area contributed by atoms with Gasteiger partial charge in [-0.25, -0.2) is 0 Å². The van der Waals surface area contributed by atoms with Gasteiger partial charge in [-0.2, -0.15) is 0 Å². The van der Waals surface area contributed by atoms with Crippen LogP contribution < -0.4 is 0 Å². The van der Waals surface area contributed by atoms with Crippen LogP contribution in [0, 0.1) is 5.92 Å². The van der Waals surface area contributed by atoms with Gasteiger partial charge in [0.1, 0.15) is 3.23 Å². The molecule has 0 N–H and O–H groups in total. The van der Waals surface area contributed by atoms with E-state index in [1.165, 1.54) is 14.2 Å². The van der Waals surface area contributed by atoms with Crippen LogP contribution in [0.3, 0.4) is 0 Å². The summed E-state index contributed by atoms with van der Waals surface area (Å²) in [6.45, 7) is 0. The summed E-state index contributed by atoms with van der Waals surface area (Å²) in [4.78, 5) is 23.5. The number of hydrogen-bond acceptors (Lipinski definition) is 4. The van der Waals surface area contributed by atoms with Crippen molar-refractivity contribution in [1.82, 2.24) is 0 Å². The zero-order chi connectivity index (χ0) is 13.8. The van der Waals surface area contributed by atoms with Crippen molar-refractivity contribution in [2.45, 2.75) is 3.23 Å². The highest BCUT2D eigenvalue weighted by Gasteiger charge is 2.47. The number of rotatable bonds is 4. The first-order valence-electron chi connectivity index (χ1n) is 5.04. The Morgan fingerprint density at radius 2 is 1.50 bits per heavy atom. The van der Waals surface area contributed by atoms with Crippen molar-refractivity contribution in [1.29, 1.82) is 0 Å². The van der Waals surface area contributed by atoms with Gasteiger partial charge in [-0.05, 0) is 5.56 Å². The second-order valence-electron chi connectivity index (χ2n) is 3.47. The SMILES string of the molecule is COC(=O)C(C(=O)OC)C(Br)(Br)c1ccccc1. The quantitative estimate of drug-likeness (QED) is 0.458. The Hall–Kier alpha value is -0.880. The molecular weight excluding hydrogens is 368 g/mol. The average molecular weight is 380 g/mol. The molecule has 0 aliphatic carbocycles. The summed E-state index contributed by atoms with van der Waals surface area (Å²) in [6, 6.07) is 9.01. The maximum atomic E-state index is 11.7. The third-order valence-electron chi connectivity index (χ3n) is 2.40. The normalized spacial score (nSPS) is 11.2. The van der Waals surface area contributed by atoms with E-state index in [0.29, 0.717) is 5.56 Å². The molecule has 6 heteroatoms. The topological polar surface area (TPSA) is 52.6 Å². The summed E-state index contributed by atoms with van der Waals surface area (Å²) in [5.74, 6) is -2.51. The van der Waals surface area contributed by atoms with Gasteiger partial charge in [0.2, 0.25) is 0 Å². The summed E-state index contributed by atoms with van der Waals surface area (Å²) in [7, 11) is 2.44. The molecule has 0 fully saturated rings. The second kappa shape index (κ2) is 6.33. The van der Waals surface area contributed by atoms with E-state index < -0.39 is 21.1 Å². The Morgan fingerprint density at radius 3 is 1.89 bits per heavy atom. The molecular formula is C12H12Br2O4. The minimum Gasteiger partial charge on any atom is -0.468 e. The van der Waals surface area contributed by atoms with Crippen molar-refractivity contribution in [3.63, 3.8) is 0 Å². The van der Waals surface area contributed by atoms with Gasteiger partial charge in [0, 0.05) is 0 Å². The zero-order valence-corrected chi connectivity index (χ0v) is 13.0. The number of benzene rings is 1.